The number of rotatable bonds is 3. The lowest BCUT2D eigenvalue weighted by Gasteiger charge is -2.19. The first-order chi connectivity index (χ1) is 8.61. The highest BCUT2D eigenvalue weighted by Gasteiger charge is 2.15. The number of hydrogen-bond donors (Lipinski definition) is 2. The highest BCUT2D eigenvalue weighted by molar-refractivity contribution is 5.36. The molecule has 1 heterocycles. The monoisotopic (exact) mass is 241 g/mol. The smallest absolute Gasteiger partial charge is 0.0727 e. The lowest BCUT2D eigenvalue weighted by atomic mass is 9.97. The van der Waals surface area contributed by atoms with Gasteiger partial charge in [-0.15, -0.1) is 0 Å². The van der Waals surface area contributed by atoms with Gasteiger partial charge in [-0.2, -0.15) is 0 Å². The summed E-state index contributed by atoms with van der Waals surface area (Å²) < 4.78 is 0. The Hall–Kier alpha value is -1.71. The zero-order valence-corrected chi connectivity index (χ0v) is 11.1. The summed E-state index contributed by atoms with van der Waals surface area (Å²) >= 11 is 0. The van der Waals surface area contributed by atoms with E-state index < -0.39 is 0 Å². The van der Waals surface area contributed by atoms with E-state index in [1.165, 1.54) is 5.56 Å². The minimum Gasteiger partial charge on any atom is -0.271 e. The van der Waals surface area contributed by atoms with Crippen molar-refractivity contribution in [1.29, 1.82) is 0 Å². The number of benzene rings is 1. The number of pyridine rings is 1. The summed E-state index contributed by atoms with van der Waals surface area (Å²) in [6.07, 6.45) is 0. The maximum atomic E-state index is 5.72. The Labute approximate surface area is 108 Å². The third-order valence-corrected chi connectivity index (χ3v) is 3.12. The first-order valence-electron chi connectivity index (χ1n) is 6.08. The van der Waals surface area contributed by atoms with E-state index >= 15 is 0 Å². The molecule has 0 saturated carbocycles. The molecule has 0 aliphatic heterocycles. The third kappa shape index (κ3) is 2.58. The Bertz CT molecular complexity index is 549. The van der Waals surface area contributed by atoms with Crippen molar-refractivity contribution in [2.24, 2.45) is 5.84 Å². The average molecular weight is 241 g/mol. The van der Waals surface area contributed by atoms with E-state index in [0.29, 0.717) is 0 Å². The number of aromatic nitrogens is 1. The highest BCUT2D eigenvalue weighted by atomic mass is 15.2. The second-order valence-electron chi connectivity index (χ2n) is 4.64. The fourth-order valence-electron chi connectivity index (χ4n) is 2.22. The predicted molar refractivity (Wildman–Crippen MR) is 74.1 cm³/mol. The summed E-state index contributed by atoms with van der Waals surface area (Å²) in [5.41, 5.74) is 8.42. The lowest BCUT2D eigenvalue weighted by molar-refractivity contribution is 0.629. The van der Waals surface area contributed by atoms with Gasteiger partial charge in [0.25, 0.3) is 0 Å². The molecule has 0 saturated heterocycles. The van der Waals surface area contributed by atoms with Gasteiger partial charge in [0.05, 0.1) is 6.04 Å². The Morgan fingerprint density at radius 1 is 1.11 bits per heavy atom. The van der Waals surface area contributed by atoms with E-state index in [1.807, 2.05) is 26.0 Å². The van der Waals surface area contributed by atoms with Crippen LogP contribution in [0.4, 0.5) is 0 Å². The van der Waals surface area contributed by atoms with Gasteiger partial charge in [-0.25, -0.2) is 5.43 Å². The molecule has 0 aliphatic rings. The standard InChI is InChI=1S/C15H19N3/c1-10-5-4-6-13(9-10)15(18-16)14-8-7-11(2)17-12(14)3/h4-9,15,18H,16H2,1-3H3. The second kappa shape index (κ2) is 5.29. The fourth-order valence-corrected chi connectivity index (χ4v) is 2.22. The Balaban J connectivity index is 2.45. The Kier molecular flexibility index (Phi) is 3.75. The van der Waals surface area contributed by atoms with Crippen molar-refractivity contribution in [3.05, 3.63) is 64.5 Å². The molecule has 1 unspecified atom stereocenters. The maximum absolute atomic E-state index is 5.72. The molecular weight excluding hydrogens is 222 g/mol. The van der Waals surface area contributed by atoms with Gasteiger partial charge in [0, 0.05) is 11.4 Å². The molecule has 0 spiro atoms. The van der Waals surface area contributed by atoms with Gasteiger partial charge >= 0.3 is 0 Å². The van der Waals surface area contributed by atoms with Crippen molar-refractivity contribution in [2.45, 2.75) is 26.8 Å². The van der Waals surface area contributed by atoms with E-state index in [4.69, 9.17) is 5.84 Å². The van der Waals surface area contributed by atoms with Crippen LogP contribution in [0.5, 0.6) is 0 Å². The van der Waals surface area contributed by atoms with Crippen LogP contribution in [0.3, 0.4) is 0 Å². The number of nitrogens with two attached hydrogens (primary N) is 1. The van der Waals surface area contributed by atoms with Gasteiger partial charge in [-0.1, -0.05) is 35.9 Å². The summed E-state index contributed by atoms with van der Waals surface area (Å²) in [6.45, 7) is 6.09. The molecule has 1 atom stereocenters. The molecule has 0 radical (unpaired) electrons. The highest BCUT2D eigenvalue weighted by Crippen LogP contribution is 2.24. The predicted octanol–water partition coefficient (Wildman–Crippen LogP) is 2.56. The van der Waals surface area contributed by atoms with Crippen LogP contribution in [0.15, 0.2) is 36.4 Å². The zero-order chi connectivity index (χ0) is 13.1. The van der Waals surface area contributed by atoms with Crippen LogP contribution in [0.25, 0.3) is 0 Å². The van der Waals surface area contributed by atoms with Crippen molar-refractivity contribution in [3.63, 3.8) is 0 Å². The molecule has 2 rings (SSSR count). The van der Waals surface area contributed by atoms with E-state index in [9.17, 15) is 0 Å². The van der Waals surface area contributed by atoms with Crippen molar-refractivity contribution >= 4 is 0 Å². The molecule has 3 nitrogen and oxygen atoms in total. The fraction of sp³-hybridized carbons (Fsp3) is 0.267. The molecule has 2 aromatic rings. The van der Waals surface area contributed by atoms with Gasteiger partial charge < -0.3 is 0 Å². The summed E-state index contributed by atoms with van der Waals surface area (Å²) in [5, 5.41) is 0. The lowest BCUT2D eigenvalue weighted by Crippen LogP contribution is -2.29. The topological polar surface area (TPSA) is 50.9 Å². The summed E-state index contributed by atoms with van der Waals surface area (Å²) in [5.74, 6) is 5.72. The quantitative estimate of drug-likeness (QED) is 0.641. The number of hydrogen-bond acceptors (Lipinski definition) is 3. The molecule has 0 aliphatic carbocycles. The SMILES string of the molecule is Cc1cccc(C(NN)c2ccc(C)nc2C)c1. The molecule has 94 valence electrons. The minimum absolute atomic E-state index is 0.0157. The van der Waals surface area contributed by atoms with Crippen LogP contribution in [-0.2, 0) is 0 Å². The van der Waals surface area contributed by atoms with Crippen LogP contribution in [0, 0.1) is 20.8 Å². The van der Waals surface area contributed by atoms with Gasteiger partial charge in [0.15, 0.2) is 0 Å². The van der Waals surface area contributed by atoms with Crippen molar-refractivity contribution < 1.29 is 0 Å². The third-order valence-electron chi connectivity index (χ3n) is 3.12. The van der Waals surface area contributed by atoms with Crippen LogP contribution < -0.4 is 11.3 Å². The number of hydrazine groups is 1. The van der Waals surface area contributed by atoms with Crippen molar-refractivity contribution in [1.82, 2.24) is 10.4 Å². The van der Waals surface area contributed by atoms with Gasteiger partial charge in [-0.3, -0.25) is 10.8 Å². The number of aryl methyl sites for hydroxylation is 3. The summed E-state index contributed by atoms with van der Waals surface area (Å²) in [7, 11) is 0. The van der Waals surface area contributed by atoms with E-state index in [-0.39, 0.29) is 6.04 Å². The van der Waals surface area contributed by atoms with Crippen LogP contribution in [0.2, 0.25) is 0 Å². The molecule has 18 heavy (non-hydrogen) atoms. The average Bonchev–Trinajstić information content (AvgIpc) is 2.33. The molecule has 1 aromatic heterocycles. The summed E-state index contributed by atoms with van der Waals surface area (Å²) in [6, 6.07) is 12.4. The van der Waals surface area contributed by atoms with Crippen LogP contribution in [0.1, 0.15) is 34.1 Å². The molecule has 0 amide bonds. The minimum atomic E-state index is -0.0157. The molecule has 3 heteroatoms. The first-order valence-corrected chi connectivity index (χ1v) is 6.08. The van der Waals surface area contributed by atoms with Crippen LogP contribution >= 0.6 is 0 Å². The Morgan fingerprint density at radius 2 is 1.89 bits per heavy atom. The first kappa shape index (κ1) is 12.7. The Morgan fingerprint density at radius 3 is 2.50 bits per heavy atom. The molecular formula is C15H19N3. The molecule has 0 bridgehead atoms. The van der Waals surface area contributed by atoms with Crippen molar-refractivity contribution in [3.8, 4) is 0 Å². The largest absolute Gasteiger partial charge is 0.271 e. The van der Waals surface area contributed by atoms with Gasteiger partial charge in [0.1, 0.15) is 0 Å². The zero-order valence-electron chi connectivity index (χ0n) is 11.1. The molecule has 3 N–H and O–H groups in total. The van der Waals surface area contributed by atoms with Crippen LogP contribution in [-0.4, -0.2) is 4.98 Å². The summed E-state index contributed by atoms with van der Waals surface area (Å²) in [4.78, 5) is 4.49. The number of nitrogens with one attached hydrogen (secondary N) is 1. The van der Waals surface area contributed by atoms with Gasteiger partial charge in [0.2, 0.25) is 0 Å². The normalized spacial score (nSPS) is 12.4. The van der Waals surface area contributed by atoms with E-state index in [1.54, 1.807) is 0 Å². The second-order valence-corrected chi connectivity index (χ2v) is 4.64. The van der Waals surface area contributed by atoms with E-state index in [0.717, 1.165) is 22.5 Å². The molecule has 1 aromatic carbocycles. The van der Waals surface area contributed by atoms with Gasteiger partial charge in [-0.05, 0) is 38.0 Å². The van der Waals surface area contributed by atoms with E-state index in [2.05, 4.69) is 41.6 Å². The number of nitrogens with zero attached hydrogens (tertiary/aromatic N) is 1. The maximum Gasteiger partial charge on any atom is 0.0727 e. The molecule has 0 fully saturated rings. The van der Waals surface area contributed by atoms with Crippen molar-refractivity contribution in [2.75, 3.05) is 0 Å².